The number of carbonyl (C=O) groups excluding carboxylic acids is 1. The van der Waals surface area contributed by atoms with Gasteiger partial charge in [-0.15, -0.1) is 0 Å². The number of carbonyl (C=O) groups is 2. The number of nitrogens with zero attached hydrogens (tertiary/aromatic N) is 1. The lowest BCUT2D eigenvalue weighted by atomic mass is 10.1. The minimum absolute atomic E-state index is 0.0678. The lowest BCUT2D eigenvalue weighted by molar-refractivity contribution is -0.142. The summed E-state index contributed by atoms with van der Waals surface area (Å²) in [7, 11) is 3.49. The summed E-state index contributed by atoms with van der Waals surface area (Å²) in [6.45, 7) is 5.07. The van der Waals surface area contributed by atoms with Crippen LogP contribution in [0.2, 0.25) is 0 Å². The van der Waals surface area contributed by atoms with E-state index in [-0.39, 0.29) is 12.2 Å². The van der Waals surface area contributed by atoms with Gasteiger partial charge in [0.15, 0.2) is 0 Å². The monoisotopic (exact) mass is 294 g/mol. The normalized spacial score (nSPS) is 12.6. The third kappa shape index (κ3) is 5.33. The Morgan fingerprint density at radius 2 is 1.81 bits per heavy atom. The molecular weight excluding hydrogens is 274 g/mol. The minimum atomic E-state index is -1.18. The first-order valence-corrected chi connectivity index (χ1v) is 6.43. The predicted octanol–water partition coefficient (Wildman–Crippen LogP) is 2.42. The number of hydrogen-bond donors (Lipinski definition) is 2. The molecule has 0 saturated carbocycles. The first kappa shape index (κ1) is 16.8. The van der Waals surface area contributed by atoms with Crippen LogP contribution in [0.3, 0.4) is 0 Å². The number of carboxylic acids is 1. The van der Waals surface area contributed by atoms with Crippen molar-refractivity contribution in [1.82, 2.24) is 4.90 Å². The van der Waals surface area contributed by atoms with Gasteiger partial charge in [0.05, 0.1) is 0 Å². The van der Waals surface area contributed by atoms with Crippen LogP contribution in [-0.2, 0) is 16.0 Å². The van der Waals surface area contributed by atoms with Gasteiger partial charge in [-0.2, -0.15) is 0 Å². The molecule has 0 saturated heterocycles. The Kier molecular flexibility index (Phi) is 5.18. The maximum Gasteiger partial charge on any atom is 0.411 e. The minimum Gasteiger partial charge on any atom is -0.508 e. The SMILES string of the molecule is [CH2]N(C(=O)OC(C)(C)C)[C@@H](Cc1ccc(O)cc1)C(=O)O. The summed E-state index contributed by atoms with van der Waals surface area (Å²) in [6, 6.07) is 4.94. The molecule has 0 heterocycles. The van der Waals surface area contributed by atoms with Crippen LogP contribution in [0, 0.1) is 7.05 Å². The van der Waals surface area contributed by atoms with Gasteiger partial charge in [0.25, 0.3) is 0 Å². The van der Waals surface area contributed by atoms with Crippen molar-refractivity contribution in [3.63, 3.8) is 0 Å². The van der Waals surface area contributed by atoms with Gasteiger partial charge in [-0.25, -0.2) is 9.59 Å². The van der Waals surface area contributed by atoms with Gasteiger partial charge in [0, 0.05) is 13.5 Å². The number of amides is 1. The van der Waals surface area contributed by atoms with Crippen LogP contribution in [-0.4, -0.2) is 38.8 Å². The summed E-state index contributed by atoms with van der Waals surface area (Å²) in [5, 5.41) is 18.5. The Bertz CT molecular complexity index is 504. The van der Waals surface area contributed by atoms with Crippen molar-refractivity contribution in [1.29, 1.82) is 0 Å². The number of hydrogen-bond acceptors (Lipinski definition) is 4. The standard InChI is InChI=1S/C15H20NO5/c1-15(2,3)21-14(20)16(4)12(13(18)19)9-10-5-7-11(17)8-6-10/h5-8,12,17H,4,9H2,1-3H3,(H,18,19)/t12-/m0/s1. The molecule has 0 aliphatic carbocycles. The number of aliphatic carboxylic acids is 1. The molecule has 1 atom stereocenters. The van der Waals surface area contributed by atoms with E-state index in [1.54, 1.807) is 32.9 Å². The quantitative estimate of drug-likeness (QED) is 0.890. The van der Waals surface area contributed by atoms with Crippen molar-refractivity contribution in [3.8, 4) is 5.75 Å². The van der Waals surface area contributed by atoms with E-state index in [2.05, 4.69) is 7.05 Å². The van der Waals surface area contributed by atoms with Crippen molar-refractivity contribution in [2.75, 3.05) is 0 Å². The van der Waals surface area contributed by atoms with Gasteiger partial charge in [0.2, 0.25) is 0 Å². The Balaban J connectivity index is 2.83. The van der Waals surface area contributed by atoms with Crippen LogP contribution in [0.5, 0.6) is 5.75 Å². The summed E-state index contributed by atoms with van der Waals surface area (Å²) in [4.78, 5) is 24.1. The van der Waals surface area contributed by atoms with E-state index in [4.69, 9.17) is 4.74 Å². The highest BCUT2D eigenvalue weighted by molar-refractivity contribution is 5.80. The first-order chi connectivity index (χ1) is 9.60. The highest BCUT2D eigenvalue weighted by Gasteiger charge is 2.30. The van der Waals surface area contributed by atoms with E-state index in [0.29, 0.717) is 5.56 Å². The third-order valence-electron chi connectivity index (χ3n) is 2.65. The molecule has 1 rings (SSSR count). The zero-order valence-electron chi connectivity index (χ0n) is 12.4. The fourth-order valence-electron chi connectivity index (χ4n) is 1.63. The van der Waals surface area contributed by atoms with Gasteiger partial charge < -0.3 is 14.9 Å². The Labute approximate surface area is 124 Å². The fraction of sp³-hybridized carbons (Fsp3) is 0.400. The average molecular weight is 294 g/mol. The number of phenolic OH excluding ortho intramolecular Hbond substituents is 1. The molecule has 0 spiro atoms. The number of aromatic hydroxyl groups is 1. The van der Waals surface area contributed by atoms with E-state index >= 15 is 0 Å². The van der Waals surface area contributed by atoms with E-state index in [0.717, 1.165) is 4.90 Å². The van der Waals surface area contributed by atoms with E-state index in [1.807, 2.05) is 0 Å². The molecule has 0 aromatic heterocycles. The van der Waals surface area contributed by atoms with Crippen LogP contribution in [0.1, 0.15) is 26.3 Å². The molecule has 2 N–H and O–H groups in total. The molecule has 0 aliphatic rings. The van der Waals surface area contributed by atoms with Gasteiger partial charge >= 0.3 is 12.1 Å². The lowest BCUT2D eigenvalue weighted by Gasteiger charge is -2.28. The predicted molar refractivity (Wildman–Crippen MR) is 76.7 cm³/mol. The molecule has 0 aliphatic heterocycles. The molecule has 6 nitrogen and oxygen atoms in total. The van der Waals surface area contributed by atoms with Crippen molar-refractivity contribution >= 4 is 12.1 Å². The summed E-state index contributed by atoms with van der Waals surface area (Å²) in [6.07, 6.45) is -0.730. The van der Waals surface area contributed by atoms with Crippen LogP contribution >= 0.6 is 0 Å². The highest BCUT2D eigenvalue weighted by atomic mass is 16.6. The lowest BCUT2D eigenvalue weighted by Crippen LogP contribution is -2.44. The van der Waals surface area contributed by atoms with Crippen molar-refractivity contribution in [2.24, 2.45) is 0 Å². The number of ether oxygens (including phenoxy) is 1. The molecule has 21 heavy (non-hydrogen) atoms. The number of benzene rings is 1. The van der Waals surface area contributed by atoms with Gasteiger partial charge in [-0.1, -0.05) is 12.1 Å². The van der Waals surface area contributed by atoms with Crippen molar-refractivity contribution in [2.45, 2.75) is 38.8 Å². The highest BCUT2D eigenvalue weighted by Crippen LogP contribution is 2.16. The zero-order valence-corrected chi connectivity index (χ0v) is 12.4. The van der Waals surface area contributed by atoms with Gasteiger partial charge in [-0.05, 0) is 38.5 Å². The van der Waals surface area contributed by atoms with Crippen LogP contribution in [0.4, 0.5) is 4.79 Å². The molecular formula is C15H20NO5. The molecule has 115 valence electrons. The maximum absolute atomic E-state index is 11.9. The van der Waals surface area contributed by atoms with Gasteiger partial charge in [0.1, 0.15) is 17.4 Å². The van der Waals surface area contributed by atoms with Crippen molar-refractivity contribution in [3.05, 3.63) is 36.9 Å². The number of phenols is 1. The Morgan fingerprint density at radius 1 is 1.29 bits per heavy atom. The summed E-state index contributed by atoms with van der Waals surface area (Å²) in [5.74, 6) is -1.09. The van der Waals surface area contributed by atoms with Crippen LogP contribution in [0.25, 0.3) is 0 Å². The summed E-state index contributed by atoms with van der Waals surface area (Å²) in [5.41, 5.74) is -0.0633. The second-order valence-electron chi connectivity index (χ2n) is 5.67. The molecule has 0 bridgehead atoms. The number of carboxylic acid groups (broad SMARTS) is 1. The molecule has 0 unspecified atom stereocenters. The molecule has 0 fully saturated rings. The Hall–Kier alpha value is -2.24. The molecule has 1 radical (unpaired) electrons. The maximum atomic E-state index is 11.9. The summed E-state index contributed by atoms with van der Waals surface area (Å²) < 4.78 is 5.11. The second kappa shape index (κ2) is 6.47. The molecule has 6 heteroatoms. The fourth-order valence-corrected chi connectivity index (χ4v) is 1.63. The molecule has 1 aromatic rings. The topological polar surface area (TPSA) is 87.1 Å². The van der Waals surface area contributed by atoms with Crippen LogP contribution in [0.15, 0.2) is 24.3 Å². The largest absolute Gasteiger partial charge is 0.508 e. The molecule has 1 aromatic carbocycles. The summed E-state index contributed by atoms with van der Waals surface area (Å²) >= 11 is 0. The first-order valence-electron chi connectivity index (χ1n) is 6.43. The van der Waals surface area contributed by atoms with Crippen molar-refractivity contribution < 1.29 is 24.5 Å². The van der Waals surface area contributed by atoms with Crippen LogP contribution < -0.4 is 0 Å². The van der Waals surface area contributed by atoms with E-state index in [9.17, 15) is 19.8 Å². The smallest absolute Gasteiger partial charge is 0.411 e. The average Bonchev–Trinajstić information content (AvgIpc) is 2.34. The van der Waals surface area contributed by atoms with E-state index < -0.39 is 23.7 Å². The third-order valence-corrected chi connectivity index (χ3v) is 2.65. The molecule has 1 amide bonds. The zero-order chi connectivity index (χ0) is 16.2. The van der Waals surface area contributed by atoms with Gasteiger partial charge in [-0.3, -0.25) is 4.90 Å². The number of rotatable bonds is 4. The van der Waals surface area contributed by atoms with E-state index in [1.165, 1.54) is 12.1 Å². The second-order valence-corrected chi connectivity index (χ2v) is 5.67. The Morgan fingerprint density at radius 3 is 2.24 bits per heavy atom.